The van der Waals surface area contributed by atoms with Gasteiger partial charge in [-0.15, -0.1) is 0 Å². The average molecular weight is 282 g/mol. The molecule has 1 unspecified atom stereocenters. The van der Waals surface area contributed by atoms with Crippen molar-refractivity contribution in [2.75, 3.05) is 45.6 Å². The van der Waals surface area contributed by atoms with E-state index < -0.39 is 0 Å². The van der Waals surface area contributed by atoms with Crippen molar-refractivity contribution >= 4 is 17.3 Å². The Morgan fingerprint density at radius 1 is 1.42 bits per heavy atom. The molecule has 1 N–H and O–H groups in total. The summed E-state index contributed by atoms with van der Waals surface area (Å²) in [4.78, 5) is 4.88. The maximum atomic E-state index is 5.98. The fourth-order valence-corrected chi connectivity index (χ4v) is 2.95. The van der Waals surface area contributed by atoms with Crippen molar-refractivity contribution in [1.29, 1.82) is 0 Å². The number of halogens is 1. The average Bonchev–Trinajstić information content (AvgIpc) is 2.76. The van der Waals surface area contributed by atoms with Gasteiger partial charge in [0.15, 0.2) is 0 Å². The van der Waals surface area contributed by atoms with Gasteiger partial charge in [-0.1, -0.05) is 17.7 Å². The minimum atomic E-state index is 0.719. The van der Waals surface area contributed by atoms with Gasteiger partial charge in [0, 0.05) is 36.4 Å². The molecule has 1 aliphatic heterocycles. The largest absolute Gasteiger partial charge is 0.384 e. The van der Waals surface area contributed by atoms with E-state index in [1.54, 1.807) is 0 Å². The molecule has 0 saturated carbocycles. The molecule has 1 aromatic rings. The maximum Gasteiger partial charge on any atom is 0.0426 e. The van der Waals surface area contributed by atoms with Crippen LogP contribution in [0.25, 0.3) is 0 Å². The van der Waals surface area contributed by atoms with Crippen LogP contribution in [0.3, 0.4) is 0 Å². The standard InChI is InChI=1S/C15H24ClN3/c1-18(2)12-15-7-4-9-19(15)10-8-17-14-6-3-5-13(16)11-14/h3,5-6,11,15,17H,4,7-10,12H2,1-2H3. The number of hydrogen-bond donors (Lipinski definition) is 1. The van der Waals surface area contributed by atoms with Crippen molar-refractivity contribution in [3.63, 3.8) is 0 Å². The summed E-state index contributed by atoms with van der Waals surface area (Å²) in [6.45, 7) is 4.47. The highest BCUT2D eigenvalue weighted by atomic mass is 35.5. The predicted molar refractivity (Wildman–Crippen MR) is 83.1 cm³/mol. The van der Waals surface area contributed by atoms with Crippen LogP contribution in [-0.4, -0.2) is 56.1 Å². The van der Waals surface area contributed by atoms with E-state index in [0.717, 1.165) is 36.4 Å². The van der Waals surface area contributed by atoms with Crippen LogP contribution in [0.5, 0.6) is 0 Å². The predicted octanol–water partition coefficient (Wildman–Crippen LogP) is 2.78. The summed E-state index contributed by atoms with van der Waals surface area (Å²) >= 11 is 5.98. The smallest absolute Gasteiger partial charge is 0.0426 e. The molecule has 1 aromatic carbocycles. The van der Waals surface area contributed by atoms with Crippen molar-refractivity contribution in [3.05, 3.63) is 29.3 Å². The van der Waals surface area contributed by atoms with Gasteiger partial charge in [0.05, 0.1) is 0 Å². The van der Waals surface area contributed by atoms with Crippen molar-refractivity contribution in [3.8, 4) is 0 Å². The summed E-state index contributed by atoms with van der Waals surface area (Å²) in [6.07, 6.45) is 2.66. The van der Waals surface area contributed by atoms with Crippen LogP contribution in [-0.2, 0) is 0 Å². The van der Waals surface area contributed by atoms with Crippen molar-refractivity contribution in [2.24, 2.45) is 0 Å². The van der Waals surface area contributed by atoms with Gasteiger partial charge in [-0.25, -0.2) is 0 Å². The highest BCUT2D eigenvalue weighted by molar-refractivity contribution is 6.30. The molecule has 0 radical (unpaired) electrons. The molecule has 0 aromatic heterocycles. The zero-order valence-electron chi connectivity index (χ0n) is 11.9. The van der Waals surface area contributed by atoms with Gasteiger partial charge in [-0.2, -0.15) is 0 Å². The Bertz CT molecular complexity index is 395. The molecular weight excluding hydrogens is 258 g/mol. The maximum absolute atomic E-state index is 5.98. The monoisotopic (exact) mass is 281 g/mol. The fourth-order valence-electron chi connectivity index (χ4n) is 2.76. The first-order chi connectivity index (χ1) is 9.15. The summed E-state index contributed by atoms with van der Waals surface area (Å²) in [6, 6.07) is 8.64. The van der Waals surface area contributed by atoms with Gasteiger partial charge in [0.1, 0.15) is 0 Å². The van der Waals surface area contributed by atoms with Crippen molar-refractivity contribution < 1.29 is 0 Å². The van der Waals surface area contributed by atoms with Gasteiger partial charge >= 0.3 is 0 Å². The minimum Gasteiger partial charge on any atom is -0.384 e. The Labute approximate surface area is 121 Å². The molecule has 0 aliphatic carbocycles. The number of likely N-dealkylation sites (tertiary alicyclic amines) is 1. The number of anilines is 1. The lowest BCUT2D eigenvalue weighted by atomic mass is 10.2. The van der Waals surface area contributed by atoms with Crippen LogP contribution >= 0.6 is 11.6 Å². The SMILES string of the molecule is CN(C)CC1CCCN1CCNc1cccc(Cl)c1. The second-order valence-corrected chi connectivity index (χ2v) is 5.97. The molecule has 3 nitrogen and oxygen atoms in total. The Balaban J connectivity index is 1.75. The topological polar surface area (TPSA) is 18.5 Å². The van der Waals surface area contributed by atoms with Gasteiger partial charge in [0.2, 0.25) is 0 Å². The Morgan fingerprint density at radius 3 is 3.00 bits per heavy atom. The second-order valence-electron chi connectivity index (χ2n) is 5.53. The van der Waals surface area contributed by atoms with Crippen molar-refractivity contribution in [1.82, 2.24) is 9.80 Å². The van der Waals surface area contributed by atoms with Crippen LogP contribution in [0.15, 0.2) is 24.3 Å². The molecule has 2 rings (SSSR count). The third-order valence-corrected chi connectivity index (χ3v) is 3.86. The molecule has 4 heteroatoms. The Morgan fingerprint density at radius 2 is 2.26 bits per heavy atom. The molecule has 1 aliphatic rings. The lowest BCUT2D eigenvalue weighted by Gasteiger charge is -2.27. The van der Waals surface area contributed by atoms with Gasteiger partial charge in [-0.05, 0) is 51.7 Å². The number of hydrogen-bond acceptors (Lipinski definition) is 3. The van der Waals surface area contributed by atoms with E-state index in [4.69, 9.17) is 11.6 Å². The third kappa shape index (κ3) is 4.68. The van der Waals surface area contributed by atoms with E-state index in [1.807, 2.05) is 18.2 Å². The molecule has 0 spiro atoms. The van der Waals surface area contributed by atoms with Gasteiger partial charge in [-0.3, -0.25) is 4.90 Å². The Kier molecular flexibility index (Phi) is 5.49. The molecule has 0 amide bonds. The van der Waals surface area contributed by atoms with Gasteiger partial charge in [0.25, 0.3) is 0 Å². The first kappa shape index (κ1) is 14.6. The Hall–Kier alpha value is -0.770. The number of likely N-dealkylation sites (N-methyl/N-ethyl adjacent to an activating group) is 1. The molecule has 1 atom stereocenters. The molecular formula is C15H24ClN3. The molecule has 1 saturated heterocycles. The summed E-state index contributed by atoms with van der Waals surface area (Å²) in [5.74, 6) is 0. The third-order valence-electron chi connectivity index (χ3n) is 3.63. The van der Waals surface area contributed by atoms with Crippen LogP contribution in [0.1, 0.15) is 12.8 Å². The van der Waals surface area contributed by atoms with E-state index in [1.165, 1.54) is 19.4 Å². The molecule has 1 heterocycles. The second kappa shape index (κ2) is 7.13. The molecule has 0 bridgehead atoms. The van der Waals surface area contributed by atoms with Gasteiger partial charge < -0.3 is 10.2 Å². The number of nitrogens with one attached hydrogen (secondary N) is 1. The highest BCUT2D eigenvalue weighted by Crippen LogP contribution is 2.18. The van der Waals surface area contributed by atoms with E-state index in [0.29, 0.717) is 0 Å². The fraction of sp³-hybridized carbons (Fsp3) is 0.600. The number of benzene rings is 1. The quantitative estimate of drug-likeness (QED) is 0.865. The van der Waals surface area contributed by atoms with E-state index in [9.17, 15) is 0 Å². The first-order valence-corrected chi connectivity index (χ1v) is 7.41. The summed E-state index contributed by atoms with van der Waals surface area (Å²) in [5, 5.41) is 4.24. The minimum absolute atomic E-state index is 0.719. The number of rotatable bonds is 6. The summed E-state index contributed by atoms with van der Waals surface area (Å²) in [7, 11) is 4.31. The number of nitrogens with zero attached hydrogens (tertiary/aromatic N) is 2. The molecule has 19 heavy (non-hydrogen) atoms. The molecule has 106 valence electrons. The lowest BCUT2D eigenvalue weighted by Crippen LogP contribution is -2.39. The van der Waals surface area contributed by atoms with Crippen molar-refractivity contribution in [2.45, 2.75) is 18.9 Å². The summed E-state index contributed by atoms with van der Waals surface area (Å²) in [5.41, 5.74) is 1.11. The van der Waals surface area contributed by atoms with Crippen LogP contribution in [0.2, 0.25) is 5.02 Å². The zero-order chi connectivity index (χ0) is 13.7. The van der Waals surface area contributed by atoms with E-state index in [2.05, 4.69) is 35.3 Å². The van der Waals surface area contributed by atoms with Crippen LogP contribution in [0, 0.1) is 0 Å². The van der Waals surface area contributed by atoms with E-state index >= 15 is 0 Å². The lowest BCUT2D eigenvalue weighted by molar-refractivity contribution is 0.214. The van der Waals surface area contributed by atoms with E-state index in [-0.39, 0.29) is 0 Å². The first-order valence-electron chi connectivity index (χ1n) is 7.03. The van der Waals surface area contributed by atoms with Crippen LogP contribution in [0.4, 0.5) is 5.69 Å². The normalized spacial score (nSPS) is 20.1. The highest BCUT2D eigenvalue weighted by Gasteiger charge is 2.23. The zero-order valence-corrected chi connectivity index (χ0v) is 12.7. The van der Waals surface area contributed by atoms with Crippen LogP contribution < -0.4 is 5.32 Å². The summed E-state index contributed by atoms with van der Waals surface area (Å²) < 4.78 is 0. The molecule has 1 fully saturated rings.